The molecular weight excluding hydrogens is 521 g/mol. The summed E-state index contributed by atoms with van der Waals surface area (Å²) in [6, 6.07) is 18.8. The van der Waals surface area contributed by atoms with E-state index >= 15 is 0 Å². The van der Waals surface area contributed by atoms with E-state index in [2.05, 4.69) is 5.32 Å². The smallest absolute Gasteiger partial charge is 0.264 e. The van der Waals surface area contributed by atoms with E-state index in [1.54, 1.807) is 61.5 Å². The van der Waals surface area contributed by atoms with Crippen molar-refractivity contribution >= 4 is 27.5 Å². The molecule has 3 aromatic rings. The molecule has 1 N–H and O–H groups in total. The van der Waals surface area contributed by atoms with Crippen molar-refractivity contribution in [2.24, 2.45) is 5.92 Å². The van der Waals surface area contributed by atoms with Gasteiger partial charge in [-0.25, -0.2) is 12.8 Å². The number of benzene rings is 3. The van der Waals surface area contributed by atoms with Crippen LogP contribution in [0, 0.1) is 11.7 Å². The van der Waals surface area contributed by atoms with Crippen LogP contribution < -0.4 is 14.4 Å². The Morgan fingerprint density at radius 2 is 1.62 bits per heavy atom. The molecule has 10 heteroatoms. The third-order valence-electron chi connectivity index (χ3n) is 6.06. The SMILES string of the molecule is COc1cccc(CN(C(=O)CN(c2ccccc2)S(=O)(=O)c2ccc(F)cc2)C(C)C(=O)NCC(C)C)c1. The third kappa shape index (κ3) is 7.79. The predicted octanol–water partition coefficient (Wildman–Crippen LogP) is 4.22. The van der Waals surface area contributed by atoms with Crippen LogP contribution >= 0.6 is 0 Å². The molecule has 0 bridgehead atoms. The van der Waals surface area contributed by atoms with Gasteiger partial charge in [0.15, 0.2) is 0 Å². The zero-order valence-corrected chi connectivity index (χ0v) is 23.3. The number of halogens is 1. The molecule has 208 valence electrons. The number of carbonyl (C=O) groups excluding carboxylic acids is 2. The Balaban J connectivity index is 1.99. The van der Waals surface area contributed by atoms with Crippen LogP contribution in [0.15, 0.2) is 83.8 Å². The quantitative estimate of drug-likeness (QED) is 0.361. The molecule has 0 aliphatic carbocycles. The fourth-order valence-corrected chi connectivity index (χ4v) is 5.27. The summed E-state index contributed by atoms with van der Waals surface area (Å²) in [6.07, 6.45) is 0. The van der Waals surface area contributed by atoms with Crippen LogP contribution in [0.2, 0.25) is 0 Å². The fourth-order valence-electron chi connectivity index (χ4n) is 3.86. The Morgan fingerprint density at radius 3 is 2.23 bits per heavy atom. The van der Waals surface area contributed by atoms with Gasteiger partial charge in [0.05, 0.1) is 17.7 Å². The lowest BCUT2D eigenvalue weighted by Crippen LogP contribution is -2.51. The average molecular weight is 556 g/mol. The van der Waals surface area contributed by atoms with Crippen LogP contribution in [0.4, 0.5) is 10.1 Å². The first kappa shape index (κ1) is 29.6. The monoisotopic (exact) mass is 555 g/mol. The van der Waals surface area contributed by atoms with Gasteiger partial charge in [0, 0.05) is 13.1 Å². The number of para-hydroxylation sites is 1. The molecular formula is C29H34FN3O5S. The van der Waals surface area contributed by atoms with E-state index in [0.717, 1.165) is 28.6 Å². The highest BCUT2D eigenvalue weighted by atomic mass is 32.2. The molecule has 0 heterocycles. The maximum absolute atomic E-state index is 13.9. The van der Waals surface area contributed by atoms with Crippen molar-refractivity contribution in [3.8, 4) is 5.75 Å². The van der Waals surface area contributed by atoms with Crippen molar-refractivity contribution < 1.29 is 27.1 Å². The predicted molar refractivity (Wildman–Crippen MR) is 148 cm³/mol. The number of sulfonamides is 1. The Labute approximate surface area is 229 Å². The van der Waals surface area contributed by atoms with Gasteiger partial charge in [-0.15, -0.1) is 0 Å². The van der Waals surface area contributed by atoms with E-state index < -0.39 is 34.3 Å². The van der Waals surface area contributed by atoms with Crippen LogP contribution in [0.25, 0.3) is 0 Å². The van der Waals surface area contributed by atoms with Crippen molar-refractivity contribution in [1.82, 2.24) is 10.2 Å². The zero-order chi connectivity index (χ0) is 28.6. The van der Waals surface area contributed by atoms with Gasteiger partial charge in [-0.1, -0.05) is 44.2 Å². The van der Waals surface area contributed by atoms with Crippen molar-refractivity contribution in [2.75, 3.05) is 24.5 Å². The topological polar surface area (TPSA) is 96.0 Å². The number of carbonyl (C=O) groups is 2. The summed E-state index contributed by atoms with van der Waals surface area (Å²) in [5, 5.41) is 2.85. The molecule has 0 radical (unpaired) electrons. The van der Waals surface area contributed by atoms with Crippen LogP contribution in [0.3, 0.4) is 0 Å². The van der Waals surface area contributed by atoms with Gasteiger partial charge < -0.3 is 15.0 Å². The lowest BCUT2D eigenvalue weighted by Gasteiger charge is -2.32. The van der Waals surface area contributed by atoms with Crippen molar-refractivity contribution in [3.05, 3.63) is 90.2 Å². The molecule has 0 aliphatic rings. The second kappa shape index (κ2) is 13.2. The summed E-state index contributed by atoms with van der Waals surface area (Å²) in [7, 11) is -2.72. The van der Waals surface area contributed by atoms with E-state index in [-0.39, 0.29) is 29.0 Å². The number of anilines is 1. The van der Waals surface area contributed by atoms with Gasteiger partial charge in [-0.2, -0.15) is 0 Å². The number of amides is 2. The first-order valence-electron chi connectivity index (χ1n) is 12.6. The third-order valence-corrected chi connectivity index (χ3v) is 7.85. The molecule has 39 heavy (non-hydrogen) atoms. The van der Waals surface area contributed by atoms with Gasteiger partial charge in [-0.3, -0.25) is 13.9 Å². The highest BCUT2D eigenvalue weighted by Gasteiger charge is 2.32. The fraction of sp³-hybridized carbons (Fsp3) is 0.310. The van der Waals surface area contributed by atoms with E-state index in [1.165, 1.54) is 12.0 Å². The normalized spacial score (nSPS) is 12.1. The molecule has 3 rings (SSSR count). The molecule has 0 aliphatic heterocycles. The Morgan fingerprint density at radius 1 is 0.949 bits per heavy atom. The molecule has 1 atom stereocenters. The lowest BCUT2D eigenvalue weighted by molar-refractivity contribution is -0.139. The maximum atomic E-state index is 13.9. The highest BCUT2D eigenvalue weighted by molar-refractivity contribution is 7.92. The Kier molecular flexibility index (Phi) is 10.1. The Bertz CT molecular complexity index is 1370. The van der Waals surface area contributed by atoms with Crippen molar-refractivity contribution in [3.63, 3.8) is 0 Å². The van der Waals surface area contributed by atoms with Crippen LogP contribution in [-0.4, -0.2) is 51.4 Å². The number of ether oxygens (including phenoxy) is 1. The Hall–Kier alpha value is -3.92. The minimum atomic E-state index is -4.25. The van der Waals surface area contributed by atoms with Gasteiger partial charge in [-0.05, 0) is 66.9 Å². The highest BCUT2D eigenvalue weighted by Crippen LogP contribution is 2.25. The van der Waals surface area contributed by atoms with E-state index in [0.29, 0.717) is 17.9 Å². The molecule has 0 aromatic heterocycles. The molecule has 0 spiro atoms. The molecule has 0 fully saturated rings. The maximum Gasteiger partial charge on any atom is 0.264 e. The first-order chi connectivity index (χ1) is 18.5. The minimum Gasteiger partial charge on any atom is -0.497 e. The number of nitrogens with zero attached hydrogens (tertiary/aromatic N) is 2. The van der Waals surface area contributed by atoms with E-state index in [4.69, 9.17) is 4.74 Å². The second-order valence-corrected chi connectivity index (χ2v) is 11.4. The summed E-state index contributed by atoms with van der Waals surface area (Å²) < 4.78 is 47.1. The van der Waals surface area contributed by atoms with Gasteiger partial charge >= 0.3 is 0 Å². The molecule has 1 unspecified atom stereocenters. The van der Waals surface area contributed by atoms with Gasteiger partial charge in [0.1, 0.15) is 24.2 Å². The summed E-state index contributed by atoms with van der Waals surface area (Å²) in [6.45, 7) is 5.43. The second-order valence-electron chi connectivity index (χ2n) is 9.49. The number of rotatable bonds is 12. The number of hydrogen-bond acceptors (Lipinski definition) is 5. The summed E-state index contributed by atoms with van der Waals surface area (Å²) in [5.41, 5.74) is 0.965. The largest absolute Gasteiger partial charge is 0.497 e. The van der Waals surface area contributed by atoms with Crippen molar-refractivity contribution in [1.29, 1.82) is 0 Å². The summed E-state index contributed by atoms with van der Waals surface area (Å²) in [4.78, 5) is 28.0. The van der Waals surface area contributed by atoms with Crippen LogP contribution in [0.1, 0.15) is 26.3 Å². The van der Waals surface area contributed by atoms with Gasteiger partial charge in [0.25, 0.3) is 10.0 Å². The minimum absolute atomic E-state index is 0.0471. The zero-order valence-electron chi connectivity index (χ0n) is 22.5. The molecule has 0 saturated carbocycles. The molecule has 8 nitrogen and oxygen atoms in total. The summed E-state index contributed by atoms with van der Waals surface area (Å²) in [5.74, 6) is -0.728. The lowest BCUT2D eigenvalue weighted by atomic mass is 10.1. The number of methoxy groups -OCH3 is 1. The summed E-state index contributed by atoms with van der Waals surface area (Å²) >= 11 is 0. The number of nitrogens with one attached hydrogen (secondary N) is 1. The first-order valence-corrected chi connectivity index (χ1v) is 14.0. The van der Waals surface area contributed by atoms with Crippen molar-refractivity contribution in [2.45, 2.75) is 38.3 Å². The molecule has 3 aromatic carbocycles. The van der Waals surface area contributed by atoms with Crippen LogP contribution in [-0.2, 0) is 26.2 Å². The number of hydrogen-bond donors (Lipinski definition) is 1. The van der Waals surface area contributed by atoms with Crippen LogP contribution in [0.5, 0.6) is 5.75 Å². The van der Waals surface area contributed by atoms with E-state index in [9.17, 15) is 22.4 Å². The molecule has 0 saturated heterocycles. The standard InChI is InChI=1S/C29H34FN3O5S/c1-21(2)18-31-29(35)22(3)32(19-23-9-8-12-26(17-23)38-4)28(34)20-33(25-10-6-5-7-11-25)39(36,37)27-15-13-24(30)14-16-27/h5-17,21-22H,18-20H2,1-4H3,(H,31,35). The van der Waals surface area contributed by atoms with E-state index in [1.807, 2.05) is 13.8 Å². The molecule has 2 amide bonds. The van der Waals surface area contributed by atoms with Gasteiger partial charge in [0.2, 0.25) is 11.8 Å². The average Bonchev–Trinajstić information content (AvgIpc) is 2.93.